The third-order valence-electron chi connectivity index (χ3n) is 6.71. The monoisotopic (exact) mass is 534 g/mol. The fraction of sp³-hybridized carbons (Fsp3) is 0.233. The maximum atomic E-state index is 14.3. The molecule has 7 nitrogen and oxygen atoms in total. The highest BCUT2D eigenvalue weighted by Crippen LogP contribution is 2.32. The van der Waals surface area contributed by atoms with Crippen LogP contribution in [0.5, 0.6) is 0 Å². The van der Waals surface area contributed by atoms with Gasteiger partial charge in [-0.2, -0.15) is 0 Å². The van der Waals surface area contributed by atoms with Crippen LogP contribution in [-0.2, 0) is 16.0 Å². The first-order valence-electron chi connectivity index (χ1n) is 12.5. The highest BCUT2D eigenvalue weighted by molar-refractivity contribution is 6.27. The van der Waals surface area contributed by atoms with Gasteiger partial charge in [0.25, 0.3) is 0 Å². The van der Waals surface area contributed by atoms with Crippen LogP contribution in [0, 0.1) is 11.6 Å². The van der Waals surface area contributed by atoms with Crippen molar-refractivity contribution >= 4 is 28.5 Å². The lowest BCUT2D eigenvalue weighted by atomic mass is 9.91. The average Bonchev–Trinajstić information content (AvgIpc) is 3.45. The van der Waals surface area contributed by atoms with E-state index in [1.807, 2.05) is 36.4 Å². The van der Waals surface area contributed by atoms with E-state index in [1.165, 1.54) is 17.7 Å². The van der Waals surface area contributed by atoms with Crippen molar-refractivity contribution in [3.05, 3.63) is 108 Å². The molecular weight excluding hydrogens is 506 g/mol. The highest BCUT2D eigenvalue weighted by atomic mass is 19.1. The summed E-state index contributed by atoms with van der Waals surface area (Å²) in [5.41, 5.74) is 4.52. The molecule has 2 aromatic carbocycles. The van der Waals surface area contributed by atoms with Crippen LogP contribution in [0.2, 0.25) is 0 Å². The number of halogens is 2. The van der Waals surface area contributed by atoms with E-state index in [9.17, 15) is 8.78 Å². The number of benzene rings is 2. The number of aromatic nitrogens is 1. The van der Waals surface area contributed by atoms with Gasteiger partial charge in [-0.3, -0.25) is 9.88 Å². The molecule has 2 aromatic heterocycles. The van der Waals surface area contributed by atoms with Crippen LogP contribution in [0.15, 0.2) is 83.6 Å². The van der Waals surface area contributed by atoms with E-state index in [4.69, 9.17) is 24.2 Å². The Morgan fingerprint density at radius 2 is 1.74 bits per heavy atom. The molecule has 3 heterocycles. The van der Waals surface area contributed by atoms with Gasteiger partial charge < -0.3 is 14.6 Å². The number of carbonyl (C=O) groups is 2. The molecule has 0 amide bonds. The molecule has 5 rings (SSSR count). The molecule has 0 radical (unpaired) electrons. The Labute approximate surface area is 224 Å². The van der Waals surface area contributed by atoms with E-state index in [0.29, 0.717) is 17.4 Å². The lowest BCUT2D eigenvalue weighted by molar-refractivity contribution is -0.159. The zero-order valence-electron chi connectivity index (χ0n) is 21.1. The summed E-state index contributed by atoms with van der Waals surface area (Å²) < 4.78 is 33.9. The van der Waals surface area contributed by atoms with Crippen molar-refractivity contribution in [3.63, 3.8) is 0 Å². The second kappa shape index (κ2) is 12.9. The summed E-state index contributed by atoms with van der Waals surface area (Å²) in [4.78, 5) is 25.2. The first kappa shape index (κ1) is 27.7. The summed E-state index contributed by atoms with van der Waals surface area (Å²) in [5.74, 6) is -3.92. The van der Waals surface area contributed by atoms with Gasteiger partial charge in [0.05, 0.1) is 11.6 Å². The number of carboxylic acid groups (broad SMARTS) is 2. The third-order valence-corrected chi connectivity index (χ3v) is 6.71. The van der Waals surface area contributed by atoms with E-state index in [1.54, 1.807) is 24.6 Å². The topological polar surface area (TPSA) is 104 Å². The Morgan fingerprint density at radius 1 is 0.974 bits per heavy atom. The number of pyridine rings is 1. The molecule has 1 atom stereocenters. The van der Waals surface area contributed by atoms with Gasteiger partial charge in [0.2, 0.25) is 0 Å². The van der Waals surface area contributed by atoms with Crippen molar-refractivity contribution in [3.8, 4) is 0 Å². The first-order chi connectivity index (χ1) is 18.8. The molecule has 2 N–H and O–H groups in total. The van der Waals surface area contributed by atoms with Crippen LogP contribution in [0.3, 0.4) is 0 Å². The predicted molar refractivity (Wildman–Crippen MR) is 142 cm³/mol. The first-order valence-corrected chi connectivity index (χ1v) is 12.5. The van der Waals surface area contributed by atoms with Crippen LogP contribution in [-0.4, -0.2) is 51.7 Å². The molecule has 0 spiro atoms. The zero-order chi connectivity index (χ0) is 27.8. The molecule has 1 unspecified atom stereocenters. The Kier molecular flexibility index (Phi) is 9.17. The highest BCUT2D eigenvalue weighted by Gasteiger charge is 2.20. The summed E-state index contributed by atoms with van der Waals surface area (Å²) in [6, 6.07) is 17.9. The van der Waals surface area contributed by atoms with Crippen molar-refractivity contribution in [2.24, 2.45) is 0 Å². The van der Waals surface area contributed by atoms with Crippen molar-refractivity contribution in [2.45, 2.75) is 25.2 Å². The number of rotatable bonds is 7. The Balaban J connectivity index is 0.000000531. The number of hydrogen-bond acceptors (Lipinski definition) is 5. The molecule has 1 aliphatic heterocycles. The van der Waals surface area contributed by atoms with Crippen LogP contribution >= 0.6 is 0 Å². The minimum atomic E-state index is -1.82. The minimum absolute atomic E-state index is 0.147. The molecule has 0 fully saturated rings. The lowest BCUT2D eigenvalue weighted by Crippen LogP contribution is -2.30. The van der Waals surface area contributed by atoms with Gasteiger partial charge in [0.1, 0.15) is 17.2 Å². The molecular formula is C30H28F2N2O5. The maximum Gasteiger partial charge on any atom is 0.414 e. The number of carboxylic acids is 2. The van der Waals surface area contributed by atoms with Crippen molar-refractivity contribution in [1.29, 1.82) is 0 Å². The second-order valence-corrected chi connectivity index (χ2v) is 9.18. The van der Waals surface area contributed by atoms with Crippen molar-refractivity contribution < 1.29 is 33.0 Å². The van der Waals surface area contributed by atoms with Crippen LogP contribution in [0.1, 0.15) is 35.6 Å². The van der Waals surface area contributed by atoms with E-state index in [2.05, 4.69) is 16.0 Å². The standard InChI is InChI=1S/C28H26F2N2O.C2H2O4/c29-25-6-2-1-5-21(25)19-22(27-7-3-4-14-31-27)12-17-32-15-10-20(11-16-32)23-8-9-26(30)24-13-18-33-28(23)24;3-1(4)2(5)6/h1-10,13-14,18,22H,11-12,15-17,19H2;(H,3,4)(H,5,6). The molecule has 0 saturated heterocycles. The van der Waals surface area contributed by atoms with Crippen LogP contribution in [0.25, 0.3) is 16.5 Å². The zero-order valence-corrected chi connectivity index (χ0v) is 21.1. The molecule has 1 aliphatic rings. The van der Waals surface area contributed by atoms with E-state index < -0.39 is 11.9 Å². The fourth-order valence-corrected chi connectivity index (χ4v) is 4.68. The van der Waals surface area contributed by atoms with Crippen LogP contribution in [0.4, 0.5) is 8.78 Å². The molecule has 0 bridgehead atoms. The second-order valence-electron chi connectivity index (χ2n) is 9.18. The SMILES string of the molecule is Fc1ccccc1CC(CCN1CC=C(c2ccc(F)c3ccoc23)CC1)c1ccccn1.O=C(O)C(=O)O. The van der Waals surface area contributed by atoms with E-state index >= 15 is 0 Å². The number of fused-ring (bicyclic) bond motifs is 1. The van der Waals surface area contributed by atoms with E-state index in [0.717, 1.165) is 49.3 Å². The molecule has 0 saturated carbocycles. The van der Waals surface area contributed by atoms with Gasteiger partial charge in [0.15, 0.2) is 0 Å². The molecule has 9 heteroatoms. The van der Waals surface area contributed by atoms with Gasteiger partial charge in [-0.25, -0.2) is 18.4 Å². The third kappa shape index (κ3) is 7.14. The minimum Gasteiger partial charge on any atom is -0.473 e. The maximum absolute atomic E-state index is 14.3. The van der Waals surface area contributed by atoms with Gasteiger partial charge in [-0.1, -0.05) is 30.3 Å². The quantitative estimate of drug-likeness (QED) is 0.290. The van der Waals surface area contributed by atoms with Crippen molar-refractivity contribution in [1.82, 2.24) is 9.88 Å². The molecule has 4 aromatic rings. The largest absolute Gasteiger partial charge is 0.473 e. The number of hydrogen-bond donors (Lipinski definition) is 2. The summed E-state index contributed by atoms with van der Waals surface area (Å²) in [6.07, 6.45) is 7.96. The normalized spacial score (nSPS) is 14.3. The van der Waals surface area contributed by atoms with Gasteiger partial charge in [0, 0.05) is 36.5 Å². The lowest BCUT2D eigenvalue weighted by Gasteiger charge is -2.28. The smallest absolute Gasteiger partial charge is 0.414 e. The fourth-order valence-electron chi connectivity index (χ4n) is 4.68. The molecule has 39 heavy (non-hydrogen) atoms. The summed E-state index contributed by atoms with van der Waals surface area (Å²) in [6.45, 7) is 2.64. The number of furan rings is 1. The Hall–Kier alpha value is -4.37. The van der Waals surface area contributed by atoms with Crippen LogP contribution < -0.4 is 0 Å². The molecule has 202 valence electrons. The van der Waals surface area contributed by atoms with Gasteiger partial charge in [-0.05, 0) is 73.3 Å². The van der Waals surface area contributed by atoms with Crippen molar-refractivity contribution in [2.75, 3.05) is 19.6 Å². The summed E-state index contributed by atoms with van der Waals surface area (Å²) in [5, 5.41) is 15.3. The van der Waals surface area contributed by atoms with E-state index in [-0.39, 0.29) is 17.6 Å². The number of nitrogens with zero attached hydrogens (tertiary/aromatic N) is 2. The summed E-state index contributed by atoms with van der Waals surface area (Å²) in [7, 11) is 0. The Morgan fingerprint density at radius 3 is 2.41 bits per heavy atom. The van der Waals surface area contributed by atoms with Gasteiger partial charge >= 0.3 is 11.9 Å². The number of aliphatic carboxylic acids is 2. The Bertz CT molecular complexity index is 1460. The van der Waals surface area contributed by atoms with Gasteiger partial charge in [-0.15, -0.1) is 0 Å². The predicted octanol–water partition coefficient (Wildman–Crippen LogP) is 5.77. The summed E-state index contributed by atoms with van der Waals surface area (Å²) >= 11 is 0. The average molecular weight is 535 g/mol. The molecule has 0 aliphatic carbocycles.